The number of carbonyl (C=O) groups excluding carboxylic acids is 1. The highest BCUT2D eigenvalue weighted by Gasteiger charge is 2.20. The van der Waals surface area contributed by atoms with Gasteiger partial charge in [-0.1, -0.05) is 24.2 Å². The van der Waals surface area contributed by atoms with E-state index in [2.05, 4.69) is 31.5 Å². The van der Waals surface area contributed by atoms with Crippen molar-refractivity contribution in [2.45, 2.75) is 56.0 Å². The van der Waals surface area contributed by atoms with E-state index in [0.29, 0.717) is 6.54 Å². The number of hydrogen-bond acceptors (Lipinski definition) is 5. The van der Waals surface area contributed by atoms with Crippen LogP contribution in [0.5, 0.6) is 0 Å². The molecule has 0 fully saturated rings. The molecule has 0 spiro atoms. The highest BCUT2D eigenvalue weighted by atomic mass is 32.2. The van der Waals surface area contributed by atoms with Crippen molar-refractivity contribution < 1.29 is 4.79 Å². The van der Waals surface area contributed by atoms with Gasteiger partial charge in [-0.3, -0.25) is 4.79 Å². The van der Waals surface area contributed by atoms with Crippen molar-refractivity contribution in [3.8, 4) is 0 Å². The molecule has 5 nitrogen and oxygen atoms in total. The zero-order valence-electron chi connectivity index (χ0n) is 13.3. The molecule has 23 heavy (non-hydrogen) atoms. The molecule has 3 heterocycles. The van der Waals surface area contributed by atoms with E-state index in [-0.39, 0.29) is 11.2 Å². The normalized spacial score (nSPS) is 15.7. The van der Waals surface area contributed by atoms with Crippen LogP contribution in [0, 0.1) is 0 Å². The van der Waals surface area contributed by atoms with Crippen LogP contribution in [0.15, 0.2) is 22.7 Å². The van der Waals surface area contributed by atoms with Gasteiger partial charge in [0.05, 0.1) is 5.25 Å². The number of carbonyl (C=O) groups is 1. The lowest BCUT2D eigenvalue weighted by molar-refractivity contribution is -0.120. The summed E-state index contributed by atoms with van der Waals surface area (Å²) in [6.07, 6.45) is 5.48. The number of thioether (sulfide) groups is 1. The summed E-state index contributed by atoms with van der Waals surface area (Å²) >= 11 is 3.24. The largest absolute Gasteiger partial charge is 0.355 e. The van der Waals surface area contributed by atoms with Crippen LogP contribution < -0.4 is 5.32 Å². The molecular formula is C16H22N4OS2. The van der Waals surface area contributed by atoms with Gasteiger partial charge in [-0.15, -0.1) is 21.5 Å². The Labute approximate surface area is 144 Å². The number of fused-ring (bicyclic) bond motifs is 1. The predicted molar refractivity (Wildman–Crippen MR) is 93.9 cm³/mol. The lowest BCUT2D eigenvalue weighted by Gasteiger charge is -2.12. The summed E-state index contributed by atoms with van der Waals surface area (Å²) in [7, 11) is 0. The van der Waals surface area contributed by atoms with Gasteiger partial charge in [0.25, 0.3) is 0 Å². The first-order valence-corrected chi connectivity index (χ1v) is 9.89. The molecule has 7 heteroatoms. The fourth-order valence-corrected chi connectivity index (χ4v) is 4.29. The fourth-order valence-electron chi connectivity index (χ4n) is 2.66. The number of hydrogen-bond donors (Lipinski definition) is 1. The summed E-state index contributed by atoms with van der Waals surface area (Å²) in [6, 6.07) is 4.14. The van der Waals surface area contributed by atoms with Gasteiger partial charge in [0.2, 0.25) is 5.91 Å². The molecule has 1 atom stereocenters. The lowest BCUT2D eigenvalue weighted by Crippen LogP contribution is -2.32. The molecule has 1 aliphatic rings. The van der Waals surface area contributed by atoms with E-state index in [1.54, 1.807) is 11.3 Å². The number of amides is 1. The summed E-state index contributed by atoms with van der Waals surface area (Å²) in [5.41, 5.74) is 0. The van der Waals surface area contributed by atoms with Gasteiger partial charge in [-0.05, 0) is 37.6 Å². The second kappa shape index (κ2) is 7.97. The van der Waals surface area contributed by atoms with E-state index >= 15 is 0 Å². The third-order valence-corrected chi connectivity index (χ3v) is 5.99. The van der Waals surface area contributed by atoms with Gasteiger partial charge in [0, 0.05) is 24.4 Å². The molecule has 0 aliphatic carbocycles. The Balaban J connectivity index is 1.51. The number of aromatic nitrogens is 3. The second-order valence-electron chi connectivity index (χ2n) is 5.74. The van der Waals surface area contributed by atoms with E-state index in [1.165, 1.54) is 35.9 Å². The summed E-state index contributed by atoms with van der Waals surface area (Å²) in [5, 5.41) is 14.4. The molecule has 0 saturated carbocycles. The van der Waals surface area contributed by atoms with Gasteiger partial charge in [-0.2, -0.15) is 0 Å². The molecule has 0 aromatic carbocycles. The molecule has 1 N–H and O–H groups in total. The number of nitrogens with zero attached hydrogens (tertiary/aromatic N) is 3. The minimum absolute atomic E-state index is 0.0672. The van der Waals surface area contributed by atoms with Crippen LogP contribution in [-0.4, -0.2) is 32.5 Å². The Bertz CT molecular complexity index is 639. The molecule has 1 unspecified atom stereocenters. The van der Waals surface area contributed by atoms with Crippen molar-refractivity contribution in [3.05, 3.63) is 28.2 Å². The van der Waals surface area contributed by atoms with Crippen molar-refractivity contribution >= 4 is 29.0 Å². The highest BCUT2D eigenvalue weighted by Crippen LogP contribution is 2.25. The van der Waals surface area contributed by atoms with Crippen LogP contribution in [0.3, 0.4) is 0 Å². The van der Waals surface area contributed by atoms with Crippen LogP contribution in [0.4, 0.5) is 0 Å². The third-order valence-electron chi connectivity index (χ3n) is 3.98. The molecule has 3 rings (SSSR count). The summed E-state index contributed by atoms with van der Waals surface area (Å²) in [5.74, 6) is 1.13. The minimum Gasteiger partial charge on any atom is -0.355 e. The first-order chi connectivity index (χ1) is 11.2. The van der Waals surface area contributed by atoms with Crippen LogP contribution in [0.2, 0.25) is 0 Å². The summed E-state index contributed by atoms with van der Waals surface area (Å²) in [4.78, 5) is 13.5. The van der Waals surface area contributed by atoms with E-state index in [9.17, 15) is 4.79 Å². The molecule has 1 aliphatic heterocycles. The maximum atomic E-state index is 12.2. The van der Waals surface area contributed by atoms with Crippen molar-refractivity contribution in [2.24, 2.45) is 0 Å². The smallest absolute Gasteiger partial charge is 0.233 e. The summed E-state index contributed by atoms with van der Waals surface area (Å²) in [6.45, 7) is 3.59. The molecule has 2 aromatic rings. The fraction of sp³-hybridized carbons (Fsp3) is 0.562. The van der Waals surface area contributed by atoms with Gasteiger partial charge < -0.3 is 9.88 Å². The number of rotatable bonds is 6. The van der Waals surface area contributed by atoms with E-state index in [1.807, 2.05) is 13.0 Å². The molecular weight excluding hydrogens is 328 g/mol. The zero-order chi connectivity index (χ0) is 16.1. The van der Waals surface area contributed by atoms with Gasteiger partial charge >= 0.3 is 0 Å². The van der Waals surface area contributed by atoms with Crippen molar-refractivity contribution in [1.29, 1.82) is 0 Å². The maximum absolute atomic E-state index is 12.2. The van der Waals surface area contributed by atoms with Crippen molar-refractivity contribution in [3.63, 3.8) is 0 Å². The average molecular weight is 351 g/mol. The van der Waals surface area contributed by atoms with E-state index in [4.69, 9.17) is 0 Å². The Morgan fingerprint density at radius 3 is 3.17 bits per heavy atom. The van der Waals surface area contributed by atoms with E-state index < -0.39 is 0 Å². The minimum atomic E-state index is -0.158. The van der Waals surface area contributed by atoms with Gasteiger partial charge in [-0.25, -0.2) is 0 Å². The molecule has 124 valence electrons. The lowest BCUT2D eigenvalue weighted by atomic mass is 10.2. The molecule has 2 aromatic heterocycles. The van der Waals surface area contributed by atoms with E-state index in [0.717, 1.165) is 30.4 Å². The average Bonchev–Trinajstić information content (AvgIpc) is 3.12. The van der Waals surface area contributed by atoms with Crippen LogP contribution in [0.25, 0.3) is 0 Å². The quantitative estimate of drug-likeness (QED) is 0.814. The zero-order valence-corrected chi connectivity index (χ0v) is 15.0. The maximum Gasteiger partial charge on any atom is 0.233 e. The Hall–Kier alpha value is -1.34. The Kier molecular flexibility index (Phi) is 5.72. The Morgan fingerprint density at radius 2 is 2.35 bits per heavy atom. The van der Waals surface area contributed by atoms with Crippen LogP contribution in [-0.2, 0) is 24.2 Å². The first-order valence-electron chi connectivity index (χ1n) is 8.13. The van der Waals surface area contributed by atoms with Gasteiger partial charge in [0.1, 0.15) is 5.82 Å². The first kappa shape index (κ1) is 16.5. The van der Waals surface area contributed by atoms with Crippen molar-refractivity contribution in [1.82, 2.24) is 20.1 Å². The topological polar surface area (TPSA) is 59.8 Å². The number of aryl methyl sites for hydroxylation is 1. The van der Waals surface area contributed by atoms with Crippen LogP contribution >= 0.6 is 23.1 Å². The standard InChI is InChI=1S/C16H22N4OS2/c1-12(15(21)17-9-8-13-6-5-11-22-13)23-16-19-18-14-7-3-2-4-10-20(14)16/h5-6,11-12H,2-4,7-10H2,1H3,(H,17,21). The van der Waals surface area contributed by atoms with Crippen molar-refractivity contribution in [2.75, 3.05) is 6.54 Å². The number of thiophene rings is 1. The van der Waals surface area contributed by atoms with Gasteiger partial charge in [0.15, 0.2) is 5.16 Å². The SMILES string of the molecule is CC(Sc1nnc2n1CCCCC2)C(=O)NCCc1cccs1. The monoisotopic (exact) mass is 350 g/mol. The molecule has 0 bridgehead atoms. The third kappa shape index (κ3) is 4.35. The number of nitrogens with one attached hydrogen (secondary N) is 1. The highest BCUT2D eigenvalue weighted by molar-refractivity contribution is 8.00. The second-order valence-corrected chi connectivity index (χ2v) is 8.08. The molecule has 0 radical (unpaired) electrons. The molecule has 0 saturated heterocycles. The molecule has 1 amide bonds. The summed E-state index contributed by atoms with van der Waals surface area (Å²) < 4.78 is 2.19. The predicted octanol–water partition coefficient (Wildman–Crippen LogP) is 2.91. The van der Waals surface area contributed by atoms with Crippen LogP contribution in [0.1, 0.15) is 36.9 Å². The Morgan fingerprint density at radius 1 is 1.43 bits per heavy atom.